The summed E-state index contributed by atoms with van der Waals surface area (Å²) in [5.41, 5.74) is 1.07. The normalized spacial score (nSPS) is 20.5. The van der Waals surface area contributed by atoms with E-state index < -0.39 is 0 Å². The van der Waals surface area contributed by atoms with Gasteiger partial charge >= 0.3 is 0 Å². The zero-order valence-electron chi connectivity index (χ0n) is 16.7. The molecule has 0 saturated carbocycles. The van der Waals surface area contributed by atoms with E-state index in [2.05, 4.69) is 24.8 Å². The molecule has 2 amide bonds. The zero-order valence-corrected chi connectivity index (χ0v) is 16.7. The number of methoxy groups -OCH3 is 1. The van der Waals surface area contributed by atoms with Crippen LogP contribution in [0.4, 0.5) is 5.69 Å². The highest BCUT2D eigenvalue weighted by molar-refractivity contribution is 5.89. The molecule has 3 rings (SSSR count). The van der Waals surface area contributed by atoms with Crippen molar-refractivity contribution in [2.45, 2.75) is 26.7 Å². The summed E-state index contributed by atoms with van der Waals surface area (Å²) in [5, 5.41) is 0. The average molecular weight is 373 g/mol. The molecular formula is C21H31N3O3. The number of benzene rings is 1. The fourth-order valence-electron chi connectivity index (χ4n) is 3.88. The lowest BCUT2D eigenvalue weighted by atomic mass is 10.1. The van der Waals surface area contributed by atoms with Gasteiger partial charge in [-0.1, -0.05) is 26.0 Å². The molecule has 1 atom stereocenters. The smallest absolute Gasteiger partial charge is 0.228 e. The molecule has 0 radical (unpaired) electrons. The van der Waals surface area contributed by atoms with Crippen molar-refractivity contribution in [3.05, 3.63) is 24.3 Å². The van der Waals surface area contributed by atoms with E-state index in [1.54, 1.807) is 7.11 Å². The monoisotopic (exact) mass is 373 g/mol. The van der Waals surface area contributed by atoms with Gasteiger partial charge < -0.3 is 19.4 Å². The molecule has 1 unspecified atom stereocenters. The lowest BCUT2D eigenvalue weighted by Crippen LogP contribution is -2.50. The molecule has 0 aliphatic carbocycles. The molecule has 6 nitrogen and oxygen atoms in total. The average Bonchev–Trinajstić information content (AvgIpc) is 3.06. The number of carbonyl (C=O) groups is 2. The van der Waals surface area contributed by atoms with Crippen LogP contribution in [0.15, 0.2) is 24.3 Å². The van der Waals surface area contributed by atoms with E-state index in [1.807, 2.05) is 28.0 Å². The highest BCUT2D eigenvalue weighted by Crippen LogP contribution is 2.29. The first-order valence-corrected chi connectivity index (χ1v) is 9.94. The Kier molecular flexibility index (Phi) is 6.24. The Hall–Kier alpha value is -2.24. The van der Waals surface area contributed by atoms with Gasteiger partial charge in [0.2, 0.25) is 11.8 Å². The van der Waals surface area contributed by atoms with Crippen LogP contribution < -0.4 is 9.64 Å². The minimum absolute atomic E-state index is 0.127. The molecule has 0 spiro atoms. The maximum atomic E-state index is 12.9. The van der Waals surface area contributed by atoms with Gasteiger partial charge in [-0.2, -0.15) is 0 Å². The molecule has 1 aromatic rings. The van der Waals surface area contributed by atoms with Gasteiger partial charge in [0.05, 0.1) is 18.7 Å². The van der Waals surface area contributed by atoms with Gasteiger partial charge in [0.15, 0.2) is 0 Å². The predicted molar refractivity (Wildman–Crippen MR) is 106 cm³/mol. The maximum Gasteiger partial charge on any atom is 0.228 e. The largest absolute Gasteiger partial charge is 0.495 e. The van der Waals surface area contributed by atoms with Gasteiger partial charge in [-0.05, 0) is 24.5 Å². The highest BCUT2D eigenvalue weighted by Gasteiger charge is 2.37. The Morgan fingerprint density at radius 2 is 1.89 bits per heavy atom. The Labute approximate surface area is 162 Å². The molecule has 0 bridgehead atoms. The Morgan fingerprint density at radius 1 is 1.19 bits per heavy atom. The summed E-state index contributed by atoms with van der Waals surface area (Å²) in [6.07, 6.45) is 1.36. The van der Waals surface area contributed by atoms with Crippen LogP contribution in [0, 0.1) is 11.8 Å². The second kappa shape index (κ2) is 8.63. The molecule has 2 fully saturated rings. The third-order valence-electron chi connectivity index (χ3n) is 5.56. The standard InChI is InChI=1S/C21H31N3O3/c1-16(2)8-9-24-15-17(14-20(24)25)21(26)23-12-10-22(11-13-23)18-6-4-5-7-19(18)27-3/h4-7,16-17H,8-15H2,1-3H3. The number of hydrogen-bond acceptors (Lipinski definition) is 4. The van der Waals surface area contributed by atoms with Crippen molar-refractivity contribution in [3.63, 3.8) is 0 Å². The number of hydrogen-bond donors (Lipinski definition) is 0. The summed E-state index contributed by atoms with van der Waals surface area (Å²) in [5.74, 6) is 1.51. The number of carbonyl (C=O) groups excluding carboxylic acids is 2. The summed E-state index contributed by atoms with van der Waals surface area (Å²) in [7, 11) is 1.68. The second-order valence-corrected chi connectivity index (χ2v) is 7.91. The molecule has 148 valence electrons. The minimum atomic E-state index is -0.178. The fourth-order valence-corrected chi connectivity index (χ4v) is 3.88. The van der Waals surface area contributed by atoms with Crippen LogP contribution in [0.3, 0.4) is 0 Å². The number of amides is 2. The molecule has 0 N–H and O–H groups in total. The molecule has 27 heavy (non-hydrogen) atoms. The first-order valence-electron chi connectivity index (χ1n) is 9.94. The molecular weight excluding hydrogens is 342 g/mol. The molecule has 2 aliphatic rings. The predicted octanol–water partition coefficient (Wildman–Crippen LogP) is 2.24. The van der Waals surface area contributed by atoms with Crippen molar-refractivity contribution in [1.82, 2.24) is 9.80 Å². The zero-order chi connectivity index (χ0) is 19.4. The van der Waals surface area contributed by atoms with Gasteiger partial charge in [0.25, 0.3) is 0 Å². The van der Waals surface area contributed by atoms with Crippen LogP contribution in [0.1, 0.15) is 26.7 Å². The number of rotatable bonds is 6. The second-order valence-electron chi connectivity index (χ2n) is 7.91. The Bertz CT molecular complexity index is 668. The van der Waals surface area contributed by atoms with Crippen molar-refractivity contribution in [3.8, 4) is 5.75 Å². The third-order valence-corrected chi connectivity index (χ3v) is 5.56. The van der Waals surface area contributed by atoms with E-state index in [4.69, 9.17) is 4.74 Å². The maximum absolute atomic E-state index is 12.9. The number of likely N-dealkylation sites (tertiary alicyclic amines) is 1. The summed E-state index contributed by atoms with van der Waals surface area (Å²) in [6, 6.07) is 7.98. The van der Waals surface area contributed by atoms with Gasteiger partial charge in [-0.15, -0.1) is 0 Å². The highest BCUT2D eigenvalue weighted by atomic mass is 16.5. The van der Waals surface area contributed by atoms with E-state index >= 15 is 0 Å². The van der Waals surface area contributed by atoms with Gasteiger partial charge in [-0.3, -0.25) is 9.59 Å². The van der Waals surface area contributed by atoms with Crippen molar-refractivity contribution in [1.29, 1.82) is 0 Å². The van der Waals surface area contributed by atoms with Crippen LogP contribution in [0.25, 0.3) is 0 Å². The van der Waals surface area contributed by atoms with Gasteiger partial charge in [0.1, 0.15) is 5.75 Å². The van der Waals surface area contributed by atoms with E-state index in [1.165, 1.54) is 0 Å². The van der Waals surface area contributed by atoms with E-state index in [0.29, 0.717) is 32.0 Å². The molecule has 2 heterocycles. The third kappa shape index (κ3) is 4.54. The first kappa shape index (κ1) is 19.5. The van der Waals surface area contributed by atoms with Gasteiger partial charge in [-0.25, -0.2) is 0 Å². The molecule has 6 heteroatoms. The minimum Gasteiger partial charge on any atom is -0.495 e. The lowest BCUT2D eigenvalue weighted by molar-refractivity contribution is -0.136. The summed E-state index contributed by atoms with van der Waals surface area (Å²) >= 11 is 0. The van der Waals surface area contributed by atoms with E-state index in [9.17, 15) is 9.59 Å². The molecule has 1 aromatic carbocycles. The first-order chi connectivity index (χ1) is 13.0. The summed E-state index contributed by atoms with van der Waals surface area (Å²) < 4.78 is 5.45. The molecule has 2 aliphatic heterocycles. The molecule has 2 saturated heterocycles. The molecule has 0 aromatic heterocycles. The number of nitrogens with zero attached hydrogens (tertiary/aromatic N) is 3. The summed E-state index contributed by atoms with van der Waals surface area (Å²) in [6.45, 7) is 8.60. The van der Waals surface area contributed by atoms with Crippen LogP contribution in [0.2, 0.25) is 0 Å². The van der Waals surface area contributed by atoms with Crippen LogP contribution >= 0.6 is 0 Å². The van der Waals surface area contributed by atoms with Crippen LogP contribution in [-0.4, -0.2) is 68.0 Å². The SMILES string of the molecule is COc1ccccc1N1CCN(C(=O)C2CC(=O)N(CCC(C)C)C2)CC1. The number of para-hydroxylation sites is 2. The topological polar surface area (TPSA) is 53.1 Å². The van der Waals surface area contributed by atoms with E-state index in [0.717, 1.165) is 37.5 Å². The lowest BCUT2D eigenvalue weighted by Gasteiger charge is -2.37. The van der Waals surface area contributed by atoms with Gasteiger partial charge in [0, 0.05) is 45.7 Å². The van der Waals surface area contributed by atoms with Crippen molar-refractivity contribution < 1.29 is 14.3 Å². The quantitative estimate of drug-likeness (QED) is 0.767. The van der Waals surface area contributed by atoms with Crippen molar-refractivity contribution >= 4 is 17.5 Å². The van der Waals surface area contributed by atoms with Crippen LogP contribution in [-0.2, 0) is 9.59 Å². The Balaban J connectivity index is 1.54. The van der Waals surface area contributed by atoms with E-state index in [-0.39, 0.29) is 17.7 Å². The van der Waals surface area contributed by atoms with Crippen LogP contribution in [0.5, 0.6) is 5.75 Å². The number of piperazine rings is 1. The van der Waals surface area contributed by atoms with Crippen molar-refractivity contribution in [2.75, 3.05) is 51.3 Å². The number of anilines is 1. The Morgan fingerprint density at radius 3 is 2.56 bits per heavy atom. The van der Waals surface area contributed by atoms with Crippen molar-refractivity contribution in [2.24, 2.45) is 11.8 Å². The fraction of sp³-hybridized carbons (Fsp3) is 0.619. The summed E-state index contributed by atoms with van der Waals surface area (Å²) in [4.78, 5) is 31.2. The number of ether oxygens (including phenoxy) is 1.